The smallest absolute Gasteiger partial charge is 0.0278 e. The zero-order valence-electron chi connectivity index (χ0n) is 12.9. The second-order valence-electron chi connectivity index (χ2n) is 6.86. The molecule has 3 nitrogen and oxygen atoms in total. The van der Waals surface area contributed by atoms with Crippen molar-refractivity contribution in [3.05, 3.63) is 0 Å². The van der Waals surface area contributed by atoms with E-state index in [4.69, 9.17) is 0 Å². The van der Waals surface area contributed by atoms with Crippen molar-refractivity contribution in [1.82, 2.24) is 10.2 Å². The molecule has 0 aliphatic carbocycles. The zero-order chi connectivity index (χ0) is 14.0. The minimum absolute atomic E-state index is 0.252. The SMILES string of the molecule is CCC1(C)CN(C2CCS(=O)CC2)C(C(C)C)CN1. The highest BCUT2D eigenvalue weighted by Crippen LogP contribution is 2.28. The molecule has 2 fully saturated rings. The lowest BCUT2D eigenvalue weighted by Gasteiger charge is -2.51. The summed E-state index contributed by atoms with van der Waals surface area (Å²) in [5, 5.41) is 3.75. The van der Waals surface area contributed by atoms with E-state index < -0.39 is 10.8 Å². The zero-order valence-corrected chi connectivity index (χ0v) is 13.8. The van der Waals surface area contributed by atoms with E-state index in [9.17, 15) is 4.21 Å². The summed E-state index contributed by atoms with van der Waals surface area (Å²) < 4.78 is 11.6. The average Bonchev–Trinajstić information content (AvgIpc) is 2.39. The van der Waals surface area contributed by atoms with Crippen LogP contribution in [0.2, 0.25) is 0 Å². The summed E-state index contributed by atoms with van der Waals surface area (Å²) in [5.74, 6) is 2.49. The molecule has 112 valence electrons. The Bertz CT molecular complexity index is 324. The predicted molar refractivity (Wildman–Crippen MR) is 82.9 cm³/mol. The lowest BCUT2D eigenvalue weighted by molar-refractivity contribution is 0.0213. The summed E-state index contributed by atoms with van der Waals surface area (Å²) >= 11 is 0. The van der Waals surface area contributed by atoms with Crippen molar-refractivity contribution in [3.8, 4) is 0 Å². The van der Waals surface area contributed by atoms with E-state index in [0.29, 0.717) is 18.0 Å². The Kier molecular flexibility index (Phi) is 5.07. The number of piperazine rings is 1. The molecule has 0 saturated carbocycles. The fourth-order valence-corrected chi connectivity index (χ4v) is 4.69. The molecule has 2 aliphatic heterocycles. The van der Waals surface area contributed by atoms with Gasteiger partial charge in [-0.05, 0) is 32.1 Å². The van der Waals surface area contributed by atoms with Crippen molar-refractivity contribution in [2.75, 3.05) is 24.6 Å². The highest BCUT2D eigenvalue weighted by molar-refractivity contribution is 7.85. The molecule has 2 aliphatic rings. The first kappa shape index (κ1) is 15.5. The van der Waals surface area contributed by atoms with Crippen molar-refractivity contribution in [3.63, 3.8) is 0 Å². The standard InChI is InChI=1S/C15H30N2OS/c1-5-15(4)11-17(14(10-16-15)12(2)3)13-6-8-19(18)9-7-13/h12-14,16H,5-11H2,1-4H3. The molecule has 4 heteroatoms. The Balaban J connectivity index is 2.09. The van der Waals surface area contributed by atoms with E-state index in [2.05, 4.69) is 37.9 Å². The Hall–Kier alpha value is 0.0700. The molecule has 1 N–H and O–H groups in total. The predicted octanol–water partition coefficient (Wildman–Crippen LogP) is 2.00. The normalized spacial score (nSPS) is 41.6. The van der Waals surface area contributed by atoms with Crippen molar-refractivity contribution >= 4 is 10.8 Å². The summed E-state index contributed by atoms with van der Waals surface area (Å²) in [6, 6.07) is 1.29. The maximum absolute atomic E-state index is 11.6. The van der Waals surface area contributed by atoms with E-state index in [0.717, 1.165) is 37.4 Å². The van der Waals surface area contributed by atoms with Crippen molar-refractivity contribution in [2.45, 2.75) is 64.6 Å². The van der Waals surface area contributed by atoms with Crippen LogP contribution in [0.5, 0.6) is 0 Å². The largest absolute Gasteiger partial charge is 0.309 e. The van der Waals surface area contributed by atoms with Gasteiger partial charge >= 0.3 is 0 Å². The van der Waals surface area contributed by atoms with Gasteiger partial charge in [-0.1, -0.05) is 20.8 Å². The second-order valence-corrected chi connectivity index (χ2v) is 8.55. The van der Waals surface area contributed by atoms with Gasteiger partial charge in [-0.3, -0.25) is 9.11 Å². The van der Waals surface area contributed by atoms with Crippen molar-refractivity contribution < 1.29 is 4.21 Å². The van der Waals surface area contributed by atoms with E-state index in [1.54, 1.807) is 0 Å². The van der Waals surface area contributed by atoms with E-state index in [1.165, 1.54) is 6.42 Å². The van der Waals surface area contributed by atoms with Gasteiger partial charge in [0.15, 0.2) is 0 Å². The molecular weight excluding hydrogens is 256 g/mol. The van der Waals surface area contributed by atoms with Crippen LogP contribution in [0.4, 0.5) is 0 Å². The number of rotatable bonds is 3. The van der Waals surface area contributed by atoms with Gasteiger partial charge in [0, 0.05) is 53.0 Å². The summed E-state index contributed by atoms with van der Waals surface area (Å²) in [7, 11) is -0.551. The Morgan fingerprint density at radius 2 is 2.00 bits per heavy atom. The van der Waals surface area contributed by atoms with Crippen LogP contribution >= 0.6 is 0 Å². The molecule has 0 radical (unpaired) electrons. The van der Waals surface area contributed by atoms with Crippen LogP contribution in [0.3, 0.4) is 0 Å². The Morgan fingerprint density at radius 3 is 2.53 bits per heavy atom. The van der Waals surface area contributed by atoms with E-state index in [-0.39, 0.29) is 5.54 Å². The number of nitrogens with zero attached hydrogens (tertiary/aromatic N) is 1. The number of hydrogen-bond acceptors (Lipinski definition) is 3. The molecular formula is C15H30N2OS. The Morgan fingerprint density at radius 1 is 1.37 bits per heavy atom. The molecule has 2 rings (SSSR count). The maximum Gasteiger partial charge on any atom is 0.0278 e. The quantitative estimate of drug-likeness (QED) is 0.861. The fourth-order valence-electron chi connectivity index (χ4n) is 3.41. The highest BCUT2D eigenvalue weighted by atomic mass is 32.2. The summed E-state index contributed by atoms with van der Waals surface area (Å²) in [6.07, 6.45) is 3.41. The molecule has 0 aromatic carbocycles. The molecule has 19 heavy (non-hydrogen) atoms. The van der Waals surface area contributed by atoms with Crippen LogP contribution in [0, 0.1) is 5.92 Å². The number of nitrogens with one attached hydrogen (secondary N) is 1. The molecule has 0 aromatic rings. The third kappa shape index (κ3) is 3.59. The fraction of sp³-hybridized carbons (Fsp3) is 1.00. The monoisotopic (exact) mass is 286 g/mol. The maximum atomic E-state index is 11.6. The van der Waals surface area contributed by atoms with Gasteiger partial charge in [0.2, 0.25) is 0 Å². The van der Waals surface area contributed by atoms with Crippen LogP contribution in [0.1, 0.15) is 47.0 Å². The molecule has 2 unspecified atom stereocenters. The van der Waals surface area contributed by atoms with Crippen LogP contribution in [-0.4, -0.2) is 51.3 Å². The third-order valence-electron chi connectivity index (χ3n) is 5.07. The first-order valence-electron chi connectivity index (χ1n) is 7.81. The minimum atomic E-state index is -0.551. The molecule has 0 bridgehead atoms. The molecule has 0 amide bonds. The average molecular weight is 286 g/mol. The van der Waals surface area contributed by atoms with Gasteiger partial charge in [0.25, 0.3) is 0 Å². The number of hydrogen-bond donors (Lipinski definition) is 1. The lowest BCUT2D eigenvalue weighted by Crippen LogP contribution is -2.66. The Labute approximate surface area is 121 Å². The first-order valence-corrected chi connectivity index (χ1v) is 9.30. The van der Waals surface area contributed by atoms with Gasteiger partial charge in [0.05, 0.1) is 0 Å². The summed E-state index contributed by atoms with van der Waals surface area (Å²) in [5.41, 5.74) is 0.252. The molecule has 2 saturated heterocycles. The van der Waals surface area contributed by atoms with Crippen LogP contribution in [-0.2, 0) is 10.8 Å². The topological polar surface area (TPSA) is 32.3 Å². The lowest BCUT2D eigenvalue weighted by atomic mass is 9.88. The second kappa shape index (κ2) is 6.23. The van der Waals surface area contributed by atoms with Crippen LogP contribution in [0.15, 0.2) is 0 Å². The van der Waals surface area contributed by atoms with Gasteiger partial charge < -0.3 is 5.32 Å². The van der Waals surface area contributed by atoms with Crippen molar-refractivity contribution in [2.24, 2.45) is 5.92 Å². The van der Waals surface area contributed by atoms with E-state index >= 15 is 0 Å². The first-order chi connectivity index (χ1) is 8.95. The van der Waals surface area contributed by atoms with Gasteiger partial charge in [-0.15, -0.1) is 0 Å². The minimum Gasteiger partial charge on any atom is -0.309 e. The van der Waals surface area contributed by atoms with Crippen molar-refractivity contribution in [1.29, 1.82) is 0 Å². The summed E-state index contributed by atoms with van der Waals surface area (Å²) in [4.78, 5) is 2.74. The van der Waals surface area contributed by atoms with E-state index in [1.807, 2.05) is 0 Å². The van der Waals surface area contributed by atoms with Gasteiger partial charge in [-0.2, -0.15) is 0 Å². The molecule has 0 spiro atoms. The van der Waals surface area contributed by atoms with Crippen LogP contribution < -0.4 is 5.32 Å². The van der Waals surface area contributed by atoms with Gasteiger partial charge in [0.1, 0.15) is 0 Å². The van der Waals surface area contributed by atoms with Gasteiger partial charge in [-0.25, -0.2) is 0 Å². The molecule has 2 atom stereocenters. The third-order valence-corrected chi connectivity index (χ3v) is 6.45. The molecule has 0 aromatic heterocycles. The molecule has 2 heterocycles. The van der Waals surface area contributed by atoms with Crippen LogP contribution in [0.25, 0.3) is 0 Å². The highest BCUT2D eigenvalue weighted by Gasteiger charge is 2.39. The summed E-state index contributed by atoms with van der Waals surface area (Å²) in [6.45, 7) is 11.5.